The summed E-state index contributed by atoms with van der Waals surface area (Å²) in [7, 11) is 0. The van der Waals surface area contributed by atoms with Gasteiger partial charge in [0, 0.05) is 36.2 Å². The molecular weight excluding hydrogens is 372 g/mol. The van der Waals surface area contributed by atoms with E-state index in [0.717, 1.165) is 48.8 Å². The molecule has 6 heterocycles. The number of ether oxygens (including phenoxy) is 1. The molecule has 2 saturated heterocycles. The number of nitrogens with zero attached hydrogens (tertiary/aromatic N) is 6. The Labute approximate surface area is 165 Å². The Hall–Kier alpha value is -3.24. The number of morpholine rings is 1. The third kappa shape index (κ3) is 2.79. The number of aromatic nitrogens is 6. The molecular formula is C19H20N8O2. The van der Waals surface area contributed by atoms with Gasteiger partial charge >= 0.3 is 6.01 Å². The van der Waals surface area contributed by atoms with Gasteiger partial charge in [-0.1, -0.05) is 0 Å². The zero-order valence-electron chi connectivity index (χ0n) is 15.9. The molecule has 2 atom stereocenters. The van der Waals surface area contributed by atoms with Gasteiger partial charge in [0.05, 0.1) is 43.5 Å². The number of likely N-dealkylation sites (tertiary alicyclic amines) is 1. The van der Waals surface area contributed by atoms with Gasteiger partial charge in [-0.3, -0.25) is 19.7 Å². The van der Waals surface area contributed by atoms with Gasteiger partial charge in [-0.2, -0.15) is 5.10 Å². The van der Waals surface area contributed by atoms with Gasteiger partial charge in [-0.15, -0.1) is 0 Å². The minimum Gasteiger partial charge on any atom is -0.427 e. The van der Waals surface area contributed by atoms with Crippen molar-refractivity contribution in [3.8, 4) is 11.3 Å². The van der Waals surface area contributed by atoms with E-state index in [1.54, 1.807) is 24.8 Å². The predicted molar refractivity (Wildman–Crippen MR) is 104 cm³/mol. The summed E-state index contributed by atoms with van der Waals surface area (Å²) in [6, 6.07) is 0.900. The van der Waals surface area contributed by atoms with Crippen LogP contribution in [0.2, 0.25) is 0 Å². The maximum Gasteiger partial charge on any atom is 0.300 e. The van der Waals surface area contributed by atoms with Gasteiger partial charge in [-0.05, 0) is 13.3 Å². The summed E-state index contributed by atoms with van der Waals surface area (Å²) in [6.45, 7) is 4.49. The summed E-state index contributed by atoms with van der Waals surface area (Å²) in [4.78, 5) is 15.8. The van der Waals surface area contributed by atoms with Crippen LogP contribution in [-0.4, -0.2) is 59.7 Å². The molecule has 4 aromatic rings. The summed E-state index contributed by atoms with van der Waals surface area (Å²) < 4.78 is 13.5. The first-order valence-corrected chi connectivity index (χ1v) is 9.64. The lowest BCUT2D eigenvalue weighted by molar-refractivity contribution is 0.0249. The van der Waals surface area contributed by atoms with Crippen LogP contribution in [0.5, 0.6) is 0 Å². The number of fused-ring (bicyclic) bond motifs is 3. The third-order valence-corrected chi connectivity index (χ3v) is 5.69. The molecule has 0 radical (unpaired) electrons. The molecule has 0 aliphatic carbocycles. The van der Waals surface area contributed by atoms with Crippen molar-refractivity contribution in [2.45, 2.75) is 32.0 Å². The van der Waals surface area contributed by atoms with Crippen molar-refractivity contribution >= 4 is 17.5 Å². The van der Waals surface area contributed by atoms with Gasteiger partial charge in [0.25, 0.3) is 0 Å². The Bertz CT molecular complexity index is 1180. The first-order chi connectivity index (χ1) is 14.2. The molecule has 10 heteroatoms. The van der Waals surface area contributed by atoms with E-state index in [2.05, 4.69) is 35.4 Å². The van der Waals surface area contributed by atoms with Crippen molar-refractivity contribution in [1.82, 2.24) is 34.4 Å². The number of aryl methyl sites for hydroxylation is 1. The van der Waals surface area contributed by atoms with Crippen molar-refractivity contribution in [1.29, 1.82) is 0 Å². The maximum atomic E-state index is 5.91. The molecule has 0 saturated carbocycles. The second kappa shape index (κ2) is 6.39. The van der Waals surface area contributed by atoms with Crippen molar-refractivity contribution in [2.24, 2.45) is 0 Å². The first kappa shape index (κ1) is 16.7. The summed E-state index contributed by atoms with van der Waals surface area (Å²) in [5, 5.41) is 10.2. The highest BCUT2D eigenvalue weighted by atomic mass is 16.5. The highest BCUT2D eigenvalue weighted by Gasteiger charge is 2.39. The first-order valence-electron chi connectivity index (χ1n) is 9.64. The monoisotopic (exact) mass is 392 g/mol. The van der Waals surface area contributed by atoms with Crippen LogP contribution < -0.4 is 5.32 Å². The normalized spacial score (nSPS) is 21.4. The fraction of sp³-hybridized carbons (Fsp3) is 0.368. The lowest BCUT2D eigenvalue weighted by Gasteiger charge is -2.25. The Balaban J connectivity index is 1.25. The molecule has 2 aliphatic heterocycles. The van der Waals surface area contributed by atoms with E-state index in [-0.39, 0.29) is 0 Å². The molecule has 0 spiro atoms. The number of anilines is 2. The Morgan fingerprint density at radius 3 is 3.00 bits per heavy atom. The number of hydrogen-bond donors (Lipinski definition) is 2. The van der Waals surface area contributed by atoms with Gasteiger partial charge in [0.1, 0.15) is 5.76 Å². The zero-order chi connectivity index (χ0) is 19.4. The van der Waals surface area contributed by atoms with Gasteiger partial charge in [0.2, 0.25) is 0 Å². The fourth-order valence-electron chi connectivity index (χ4n) is 4.23. The molecule has 148 valence electrons. The lowest BCUT2D eigenvalue weighted by Crippen LogP contribution is -2.36. The number of hydrogen-bond acceptors (Lipinski definition) is 8. The van der Waals surface area contributed by atoms with E-state index >= 15 is 0 Å². The van der Waals surface area contributed by atoms with Crippen LogP contribution in [0.1, 0.15) is 17.9 Å². The Kier molecular flexibility index (Phi) is 3.68. The minimum atomic E-state index is 0.371. The average molecular weight is 392 g/mol. The van der Waals surface area contributed by atoms with Crippen LogP contribution in [0.4, 0.5) is 11.8 Å². The zero-order valence-corrected chi connectivity index (χ0v) is 15.9. The van der Waals surface area contributed by atoms with Crippen LogP contribution in [0.25, 0.3) is 16.9 Å². The molecule has 2 aliphatic rings. The predicted octanol–water partition coefficient (Wildman–Crippen LogP) is 2.13. The van der Waals surface area contributed by atoms with Crippen molar-refractivity contribution in [2.75, 3.05) is 18.5 Å². The second-order valence-corrected chi connectivity index (χ2v) is 7.55. The van der Waals surface area contributed by atoms with Crippen molar-refractivity contribution < 1.29 is 9.15 Å². The molecule has 2 N–H and O–H groups in total. The minimum absolute atomic E-state index is 0.371. The van der Waals surface area contributed by atoms with Gasteiger partial charge in [0.15, 0.2) is 11.5 Å². The molecule has 10 nitrogen and oxygen atoms in total. The highest BCUT2D eigenvalue weighted by molar-refractivity contribution is 5.72. The highest BCUT2D eigenvalue weighted by Crippen LogP contribution is 2.30. The number of H-pyrrole nitrogens is 1. The van der Waals surface area contributed by atoms with E-state index in [0.29, 0.717) is 29.6 Å². The average Bonchev–Trinajstić information content (AvgIpc) is 3.52. The largest absolute Gasteiger partial charge is 0.427 e. The topological polar surface area (TPSA) is 109 Å². The smallest absolute Gasteiger partial charge is 0.300 e. The van der Waals surface area contributed by atoms with Crippen LogP contribution in [0.15, 0.2) is 35.4 Å². The van der Waals surface area contributed by atoms with E-state index in [9.17, 15) is 0 Å². The molecule has 2 bridgehead atoms. The van der Waals surface area contributed by atoms with E-state index in [1.165, 1.54) is 0 Å². The van der Waals surface area contributed by atoms with E-state index < -0.39 is 0 Å². The lowest BCUT2D eigenvalue weighted by atomic mass is 10.2. The van der Waals surface area contributed by atoms with Crippen LogP contribution in [-0.2, 0) is 11.3 Å². The fourth-order valence-corrected chi connectivity index (χ4v) is 4.23. The molecule has 4 aromatic heterocycles. The third-order valence-electron chi connectivity index (χ3n) is 5.69. The van der Waals surface area contributed by atoms with E-state index in [1.807, 2.05) is 17.5 Å². The summed E-state index contributed by atoms with van der Waals surface area (Å²) in [6.07, 6.45) is 10.5. The maximum absolute atomic E-state index is 5.91. The standard InChI is InChI=1S/C19H20N8O2/c1-11-15(6-23-25-11)16-7-21-17(18-20-2-3-27(16)18)24-19-22-5-14(29-19)9-26-8-13-4-12(26)10-28-13/h2-3,5-7,12-13H,4,8-10H2,1H3,(H,23,25)(H,21,22,24). The van der Waals surface area contributed by atoms with Gasteiger partial charge < -0.3 is 9.15 Å². The SMILES string of the molecule is Cc1[nH]ncc1-c1cnc(Nc2ncc(CN3CC4CC3CO4)o2)c2nccn12. The van der Waals surface area contributed by atoms with E-state index in [4.69, 9.17) is 9.15 Å². The molecule has 0 amide bonds. The molecule has 2 unspecified atom stereocenters. The van der Waals surface area contributed by atoms with Gasteiger partial charge in [-0.25, -0.2) is 15.0 Å². The molecule has 0 aromatic carbocycles. The Morgan fingerprint density at radius 2 is 2.21 bits per heavy atom. The molecule has 2 fully saturated rings. The number of oxazole rings is 1. The molecule has 6 rings (SSSR count). The second-order valence-electron chi connectivity index (χ2n) is 7.55. The number of imidazole rings is 1. The molecule has 29 heavy (non-hydrogen) atoms. The van der Waals surface area contributed by atoms with Crippen LogP contribution in [0, 0.1) is 6.92 Å². The van der Waals surface area contributed by atoms with Crippen LogP contribution >= 0.6 is 0 Å². The summed E-state index contributed by atoms with van der Waals surface area (Å²) >= 11 is 0. The Morgan fingerprint density at radius 1 is 1.24 bits per heavy atom. The summed E-state index contributed by atoms with van der Waals surface area (Å²) in [5.74, 6) is 1.41. The number of aromatic amines is 1. The number of nitrogens with one attached hydrogen (secondary N) is 2. The number of rotatable bonds is 5. The summed E-state index contributed by atoms with van der Waals surface area (Å²) in [5.41, 5.74) is 3.56. The van der Waals surface area contributed by atoms with Crippen molar-refractivity contribution in [3.63, 3.8) is 0 Å². The quantitative estimate of drug-likeness (QED) is 0.532. The van der Waals surface area contributed by atoms with Crippen LogP contribution in [0.3, 0.4) is 0 Å². The van der Waals surface area contributed by atoms with Crippen molar-refractivity contribution in [3.05, 3.63) is 42.4 Å².